The minimum absolute atomic E-state index is 0. The first kappa shape index (κ1) is 29.9. The van der Waals surface area contributed by atoms with Gasteiger partial charge in [0.05, 0.1) is 15.6 Å². The topological polar surface area (TPSA) is 43.8 Å². The number of benzene rings is 2. The van der Waals surface area contributed by atoms with Crippen LogP contribution >= 0.6 is 35.6 Å². The standard InChI is InChI=1S/C28H38Cl2N2O2.ClH/c1-4-28(34,5-2)24-14-17-32(18-15-24)16-13-23(22-11-12-25(29)26(30)19-22)20-31(3)27(33)21-9-7-6-8-10-21;/h6-12,19,23-24,34H,4-5,13-18,20H2,1-3H3;1H. The number of rotatable bonds is 10. The highest BCUT2D eigenvalue weighted by Gasteiger charge is 2.35. The van der Waals surface area contributed by atoms with Gasteiger partial charge in [-0.2, -0.15) is 0 Å². The van der Waals surface area contributed by atoms with Gasteiger partial charge in [0.1, 0.15) is 0 Å². The van der Waals surface area contributed by atoms with Gasteiger partial charge < -0.3 is 14.9 Å². The Morgan fingerprint density at radius 3 is 2.29 bits per heavy atom. The molecule has 0 spiro atoms. The summed E-state index contributed by atoms with van der Waals surface area (Å²) in [4.78, 5) is 17.3. The quantitative estimate of drug-likeness (QED) is 0.355. The van der Waals surface area contributed by atoms with Crippen molar-refractivity contribution >= 4 is 41.5 Å². The summed E-state index contributed by atoms with van der Waals surface area (Å²) in [6.45, 7) is 7.73. The van der Waals surface area contributed by atoms with Crippen LogP contribution in [0.15, 0.2) is 48.5 Å². The molecule has 35 heavy (non-hydrogen) atoms. The molecule has 0 saturated carbocycles. The molecule has 194 valence electrons. The number of piperidine rings is 1. The predicted molar refractivity (Wildman–Crippen MR) is 149 cm³/mol. The summed E-state index contributed by atoms with van der Waals surface area (Å²) in [5, 5.41) is 12.0. The number of likely N-dealkylation sites (tertiary alicyclic amines) is 1. The van der Waals surface area contributed by atoms with Gasteiger partial charge in [0.25, 0.3) is 5.91 Å². The zero-order valence-electron chi connectivity index (χ0n) is 21.1. The molecule has 4 nitrogen and oxygen atoms in total. The van der Waals surface area contributed by atoms with Gasteiger partial charge in [0.2, 0.25) is 0 Å². The maximum absolute atomic E-state index is 13.0. The van der Waals surface area contributed by atoms with E-state index in [-0.39, 0.29) is 24.2 Å². The van der Waals surface area contributed by atoms with Crippen molar-refractivity contribution in [3.05, 3.63) is 69.7 Å². The van der Waals surface area contributed by atoms with Crippen molar-refractivity contribution in [2.24, 2.45) is 5.92 Å². The van der Waals surface area contributed by atoms with Crippen molar-refractivity contribution in [1.29, 1.82) is 0 Å². The molecule has 1 atom stereocenters. The molecule has 0 aliphatic carbocycles. The van der Waals surface area contributed by atoms with E-state index in [1.807, 2.05) is 55.6 Å². The summed E-state index contributed by atoms with van der Waals surface area (Å²) < 4.78 is 0. The van der Waals surface area contributed by atoms with E-state index in [1.165, 1.54) is 0 Å². The van der Waals surface area contributed by atoms with Crippen LogP contribution in [0.4, 0.5) is 0 Å². The van der Waals surface area contributed by atoms with Crippen LogP contribution in [0.5, 0.6) is 0 Å². The number of hydrogen-bond acceptors (Lipinski definition) is 3. The maximum Gasteiger partial charge on any atom is 0.253 e. The number of nitrogens with zero attached hydrogens (tertiary/aromatic N) is 2. The Balaban J connectivity index is 0.00000432. The fourth-order valence-electron chi connectivity index (χ4n) is 5.20. The van der Waals surface area contributed by atoms with Crippen LogP contribution in [0.2, 0.25) is 10.0 Å². The molecule has 1 aliphatic heterocycles. The summed E-state index contributed by atoms with van der Waals surface area (Å²) in [7, 11) is 1.86. The summed E-state index contributed by atoms with van der Waals surface area (Å²) in [5.74, 6) is 0.539. The number of likely N-dealkylation sites (N-methyl/N-ethyl adjacent to an activating group) is 1. The van der Waals surface area contributed by atoms with Crippen molar-refractivity contribution < 1.29 is 9.90 Å². The van der Waals surface area contributed by atoms with Gasteiger partial charge in [-0.05, 0) is 87.5 Å². The van der Waals surface area contributed by atoms with Gasteiger partial charge in [-0.15, -0.1) is 12.4 Å². The molecule has 1 N–H and O–H groups in total. The van der Waals surface area contributed by atoms with Gasteiger partial charge in [0.15, 0.2) is 0 Å². The second-order valence-electron chi connectivity index (χ2n) is 9.64. The SMILES string of the molecule is CCC(O)(CC)C1CCN(CCC(CN(C)C(=O)c2ccccc2)c2ccc(Cl)c(Cl)c2)CC1.Cl. The Kier molecular flexibility index (Phi) is 11.8. The van der Waals surface area contributed by atoms with E-state index in [9.17, 15) is 9.90 Å². The molecular weight excluding hydrogens is 503 g/mol. The highest BCUT2D eigenvalue weighted by molar-refractivity contribution is 6.42. The van der Waals surface area contributed by atoms with Gasteiger partial charge >= 0.3 is 0 Å². The largest absolute Gasteiger partial charge is 0.390 e. The fourth-order valence-corrected chi connectivity index (χ4v) is 5.51. The molecular formula is C28H39Cl3N2O2. The zero-order chi connectivity index (χ0) is 24.7. The average molecular weight is 542 g/mol. The molecule has 0 aromatic heterocycles. The Morgan fingerprint density at radius 1 is 1.09 bits per heavy atom. The average Bonchev–Trinajstić information content (AvgIpc) is 2.88. The van der Waals surface area contributed by atoms with Crippen molar-refractivity contribution in [3.63, 3.8) is 0 Å². The first-order valence-electron chi connectivity index (χ1n) is 12.5. The number of amides is 1. The van der Waals surface area contributed by atoms with Crippen LogP contribution in [-0.2, 0) is 0 Å². The lowest BCUT2D eigenvalue weighted by molar-refractivity contribution is -0.0491. The summed E-state index contributed by atoms with van der Waals surface area (Å²) >= 11 is 12.5. The molecule has 1 aliphatic rings. The van der Waals surface area contributed by atoms with Crippen LogP contribution in [-0.4, -0.2) is 59.6 Å². The Bertz CT molecular complexity index is 929. The van der Waals surface area contributed by atoms with Crippen LogP contribution in [0.1, 0.15) is 67.8 Å². The smallest absolute Gasteiger partial charge is 0.253 e. The van der Waals surface area contributed by atoms with Gasteiger partial charge in [-0.1, -0.05) is 61.3 Å². The van der Waals surface area contributed by atoms with Crippen molar-refractivity contribution in [3.8, 4) is 0 Å². The molecule has 2 aromatic carbocycles. The van der Waals surface area contributed by atoms with E-state index in [0.29, 0.717) is 28.1 Å². The maximum atomic E-state index is 13.0. The van der Waals surface area contributed by atoms with Gasteiger partial charge in [-0.3, -0.25) is 4.79 Å². The van der Waals surface area contributed by atoms with E-state index in [2.05, 4.69) is 18.7 Å². The fraction of sp³-hybridized carbons (Fsp3) is 0.536. The third-order valence-electron chi connectivity index (χ3n) is 7.64. The molecule has 3 rings (SSSR count). The van der Waals surface area contributed by atoms with Gasteiger partial charge in [-0.25, -0.2) is 0 Å². The van der Waals surface area contributed by atoms with Crippen LogP contribution < -0.4 is 0 Å². The third-order valence-corrected chi connectivity index (χ3v) is 8.38. The highest BCUT2D eigenvalue weighted by Crippen LogP contribution is 2.34. The summed E-state index contributed by atoms with van der Waals surface area (Å²) in [5.41, 5.74) is 1.26. The van der Waals surface area contributed by atoms with E-state index >= 15 is 0 Å². The molecule has 1 unspecified atom stereocenters. The summed E-state index contributed by atoms with van der Waals surface area (Å²) in [6.07, 6.45) is 4.61. The molecule has 1 saturated heterocycles. The first-order chi connectivity index (χ1) is 16.3. The lowest BCUT2D eigenvalue weighted by atomic mass is 9.77. The molecule has 7 heteroatoms. The van der Waals surface area contributed by atoms with E-state index in [4.69, 9.17) is 23.2 Å². The Hall–Kier alpha value is -1.30. The summed E-state index contributed by atoms with van der Waals surface area (Å²) in [6, 6.07) is 15.2. The number of carbonyl (C=O) groups is 1. The molecule has 1 fully saturated rings. The third kappa shape index (κ3) is 7.84. The number of carbonyl (C=O) groups excluding carboxylic acids is 1. The van der Waals surface area contributed by atoms with Crippen LogP contribution in [0.25, 0.3) is 0 Å². The number of hydrogen-bond donors (Lipinski definition) is 1. The Morgan fingerprint density at radius 2 is 1.71 bits per heavy atom. The van der Waals surface area contributed by atoms with Crippen molar-refractivity contribution in [2.45, 2.75) is 57.5 Å². The molecule has 0 radical (unpaired) electrons. The lowest BCUT2D eigenvalue weighted by Gasteiger charge is -2.41. The minimum Gasteiger partial charge on any atom is -0.390 e. The molecule has 0 bridgehead atoms. The van der Waals surface area contributed by atoms with E-state index in [1.54, 1.807) is 4.90 Å². The Labute approximate surface area is 227 Å². The van der Waals surface area contributed by atoms with E-state index < -0.39 is 5.60 Å². The van der Waals surface area contributed by atoms with Crippen LogP contribution in [0.3, 0.4) is 0 Å². The molecule has 1 heterocycles. The monoisotopic (exact) mass is 540 g/mol. The normalized spacial score (nSPS) is 15.9. The highest BCUT2D eigenvalue weighted by atomic mass is 35.5. The number of aliphatic hydroxyl groups is 1. The van der Waals surface area contributed by atoms with Crippen molar-refractivity contribution in [1.82, 2.24) is 9.80 Å². The van der Waals surface area contributed by atoms with Crippen LogP contribution in [0, 0.1) is 5.92 Å². The van der Waals surface area contributed by atoms with Crippen molar-refractivity contribution in [2.75, 3.05) is 33.2 Å². The lowest BCUT2D eigenvalue weighted by Crippen LogP contribution is -2.45. The first-order valence-corrected chi connectivity index (χ1v) is 13.2. The molecule has 1 amide bonds. The second kappa shape index (κ2) is 13.9. The minimum atomic E-state index is -0.533. The number of halogens is 3. The second-order valence-corrected chi connectivity index (χ2v) is 10.5. The molecule has 2 aromatic rings. The van der Waals surface area contributed by atoms with E-state index in [0.717, 1.165) is 57.3 Å². The zero-order valence-corrected chi connectivity index (χ0v) is 23.4. The predicted octanol–water partition coefficient (Wildman–Crippen LogP) is 6.92. The van der Waals surface area contributed by atoms with Gasteiger partial charge in [0, 0.05) is 25.1 Å².